The summed E-state index contributed by atoms with van der Waals surface area (Å²) in [4.78, 5) is 0. The number of nitrogens with one attached hydrogen (secondary N) is 1. The van der Waals surface area contributed by atoms with E-state index >= 15 is 0 Å². The first-order chi connectivity index (χ1) is 9.47. The summed E-state index contributed by atoms with van der Waals surface area (Å²) >= 11 is 0. The van der Waals surface area contributed by atoms with Crippen LogP contribution in [0.15, 0.2) is 24.3 Å². The largest absolute Gasteiger partial charge is 0.416 e. The van der Waals surface area contributed by atoms with Crippen molar-refractivity contribution in [2.45, 2.75) is 50.4 Å². The quantitative estimate of drug-likeness (QED) is 0.885. The van der Waals surface area contributed by atoms with Crippen molar-refractivity contribution in [2.24, 2.45) is 0 Å². The van der Waals surface area contributed by atoms with Gasteiger partial charge in [0.25, 0.3) is 0 Å². The number of hydrogen-bond donors (Lipinski definition) is 2. The van der Waals surface area contributed by atoms with Gasteiger partial charge in [-0.25, -0.2) is 0 Å². The first kappa shape index (κ1) is 15.3. The summed E-state index contributed by atoms with van der Waals surface area (Å²) in [5, 5.41) is 13.3. The second-order valence-corrected chi connectivity index (χ2v) is 5.38. The lowest BCUT2D eigenvalue weighted by atomic mass is 9.95. The number of benzene rings is 1. The fraction of sp³-hybridized carbons (Fsp3) is 0.600. The van der Waals surface area contributed by atoms with Crippen molar-refractivity contribution in [2.75, 3.05) is 6.54 Å². The second kappa shape index (κ2) is 6.59. The Morgan fingerprint density at radius 1 is 1.10 bits per heavy atom. The van der Waals surface area contributed by atoms with Crippen LogP contribution in [0.25, 0.3) is 0 Å². The molecule has 0 heterocycles. The maximum Gasteiger partial charge on any atom is 0.416 e. The molecular weight excluding hydrogens is 267 g/mol. The van der Waals surface area contributed by atoms with E-state index in [1.54, 1.807) is 0 Å². The van der Waals surface area contributed by atoms with Crippen LogP contribution in [0, 0.1) is 0 Å². The van der Waals surface area contributed by atoms with Crippen LogP contribution in [-0.4, -0.2) is 17.7 Å². The molecule has 1 saturated carbocycles. The Labute approximate surface area is 117 Å². The van der Waals surface area contributed by atoms with Crippen molar-refractivity contribution in [3.8, 4) is 0 Å². The van der Waals surface area contributed by atoms with Crippen molar-refractivity contribution in [3.63, 3.8) is 0 Å². The third-order valence-corrected chi connectivity index (χ3v) is 3.83. The average Bonchev–Trinajstić information content (AvgIpc) is 2.45. The van der Waals surface area contributed by atoms with Gasteiger partial charge in [0.2, 0.25) is 0 Å². The van der Waals surface area contributed by atoms with E-state index in [4.69, 9.17) is 0 Å². The lowest BCUT2D eigenvalue weighted by molar-refractivity contribution is -0.137. The van der Waals surface area contributed by atoms with Gasteiger partial charge in [0.15, 0.2) is 0 Å². The zero-order valence-electron chi connectivity index (χ0n) is 11.3. The highest BCUT2D eigenvalue weighted by atomic mass is 19.4. The Hall–Kier alpha value is -1.07. The normalized spacial score (nSPS) is 19.0. The summed E-state index contributed by atoms with van der Waals surface area (Å²) < 4.78 is 37.3. The van der Waals surface area contributed by atoms with E-state index in [-0.39, 0.29) is 0 Å². The van der Waals surface area contributed by atoms with E-state index < -0.39 is 17.8 Å². The van der Waals surface area contributed by atoms with Crippen LogP contribution in [0.2, 0.25) is 0 Å². The van der Waals surface area contributed by atoms with Crippen molar-refractivity contribution in [3.05, 3.63) is 35.4 Å². The molecule has 0 saturated heterocycles. The first-order valence-corrected chi connectivity index (χ1v) is 7.05. The third-order valence-electron chi connectivity index (χ3n) is 3.83. The molecule has 0 radical (unpaired) electrons. The molecule has 0 amide bonds. The average molecular weight is 287 g/mol. The zero-order chi connectivity index (χ0) is 14.6. The lowest BCUT2D eigenvalue weighted by Gasteiger charge is -2.24. The van der Waals surface area contributed by atoms with Crippen LogP contribution in [-0.2, 0) is 6.18 Å². The Morgan fingerprint density at radius 3 is 2.25 bits per heavy atom. The molecular formula is C15H20F3NO. The van der Waals surface area contributed by atoms with Crippen molar-refractivity contribution in [1.82, 2.24) is 5.32 Å². The monoisotopic (exact) mass is 287 g/mol. The van der Waals surface area contributed by atoms with Gasteiger partial charge in [0.05, 0.1) is 11.7 Å². The molecule has 0 aromatic heterocycles. The third kappa shape index (κ3) is 4.21. The summed E-state index contributed by atoms with van der Waals surface area (Å²) in [7, 11) is 0. The van der Waals surface area contributed by atoms with Crippen LogP contribution >= 0.6 is 0 Å². The number of rotatable bonds is 4. The predicted molar refractivity (Wildman–Crippen MR) is 71.3 cm³/mol. The highest BCUT2D eigenvalue weighted by molar-refractivity contribution is 5.26. The van der Waals surface area contributed by atoms with E-state index in [9.17, 15) is 18.3 Å². The van der Waals surface area contributed by atoms with Gasteiger partial charge in [0, 0.05) is 12.6 Å². The van der Waals surface area contributed by atoms with Gasteiger partial charge in [-0.1, -0.05) is 31.4 Å². The molecule has 1 atom stereocenters. The summed E-state index contributed by atoms with van der Waals surface area (Å²) in [5.74, 6) is 0. The number of halogens is 3. The molecule has 2 nitrogen and oxygen atoms in total. The minimum absolute atomic E-state index is 0.385. The SMILES string of the molecule is OC(CNC1CCCCC1)c1ccc(C(F)(F)F)cc1. The van der Waals surface area contributed by atoms with Crippen LogP contribution in [0.5, 0.6) is 0 Å². The second-order valence-electron chi connectivity index (χ2n) is 5.38. The van der Waals surface area contributed by atoms with Crippen molar-refractivity contribution >= 4 is 0 Å². The maximum absolute atomic E-state index is 12.4. The minimum Gasteiger partial charge on any atom is -0.387 e. The molecule has 1 unspecified atom stereocenters. The molecule has 1 fully saturated rings. The number of hydrogen-bond acceptors (Lipinski definition) is 2. The van der Waals surface area contributed by atoms with Crippen LogP contribution in [0.1, 0.15) is 49.3 Å². The molecule has 1 aliphatic rings. The topological polar surface area (TPSA) is 32.3 Å². The Morgan fingerprint density at radius 2 is 1.70 bits per heavy atom. The number of aliphatic hydroxyl groups excluding tert-OH is 1. The summed E-state index contributed by atoms with van der Waals surface area (Å²) in [6.45, 7) is 0.385. The molecule has 2 rings (SSSR count). The Kier molecular flexibility index (Phi) is 5.05. The maximum atomic E-state index is 12.4. The van der Waals surface area contributed by atoms with Crippen LogP contribution in [0.4, 0.5) is 13.2 Å². The van der Waals surface area contributed by atoms with Crippen LogP contribution < -0.4 is 5.32 Å². The van der Waals surface area contributed by atoms with E-state index in [0.29, 0.717) is 18.2 Å². The number of aliphatic hydroxyl groups is 1. The molecule has 0 bridgehead atoms. The van der Waals surface area contributed by atoms with Gasteiger partial charge in [-0.3, -0.25) is 0 Å². The smallest absolute Gasteiger partial charge is 0.387 e. The van der Waals surface area contributed by atoms with E-state index in [0.717, 1.165) is 25.0 Å². The highest BCUT2D eigenvalue weighted by Gasteiger charge is 2.30. The minimum atomic E-state index is -4.33. The van der Waals surface area contributed by atoms with Gasteiger partial charge in [-0.05, 0) is 30.5 Å². The van der Waals surface area contributed by atoms with Gasteiger partial charge >= 0.3 is 6.18 Å². The van der Waals surface area contributed by atoms with E-state index in [2.05, 4.69) is 5.32 Å². The molecule has 1 aliphatic carbocycles. The molecule has 112 valence electrons. The van der Waals surface area contributed by atoms with Gasteiger partial charge < -0.3 is 10.4 Å². The van der Waals surface area contributed by atoms with Crippen molar-refractivity contribution in [1.29, 1.82) is 0 Å². The van der Waals surface area contributed by atoms with E-state index in [1.807, 2.05) is 0 Å². The van der Waals surface area contributed by atoms with Gasteiger partial charge in [0.1, 0.15) is 0 Å². The molecule has 1 aromatic carbocycles. The summed E-state index contributed by atoms with van der Waals surface area (Å²) in [6.07, 6.45) is 0.796. The van der Waals surface area contributed by atoms with E-state index in [1.165, 1.54) is 31.4 Å². The number of alkyl halides is 3. The Balaban J connectivity index is 1.87. The van der Waals surface area contributed by atoms with Gasteiger partial charge in [-0.2, -0.15) is 13.2 Å². The fourth-order valence-corrected chi connectivity index (χ4v) is 2.60. The molecule has 0 spiro atoms. The Bertz CT molecular complexity index is 410. The summed E-state index contributed by atoms with van der Waals surface area (Å²) in [5.41, 5.74) is -0.171. The van der Waals surface area contributed by atoms with Crippen LogP contribution in [0.3, 0.4) is 0 Å². The van der Waals surface area contributed by atoms with Gasteiger partial charge in [-0.15, -0.1) is 0 Å². The lowest BCUT2D eigenvalue weighted by Crippen LogP contribution is -2.34. The van der Waals surface area contributed by atoms with Crippen molar-refractivity contribution < 1.29 is 18.3 Å². The first-order valence-electron chi connectivity index (χ1n) is 7.05. The molecule has 20 heavy (non-hydrogen) atoms. The molecule has 1 aromatic rings. The predicted octanol–water partition coefficient (Wildman–Crippen LogP) is 3.66. The molecule has 5 heteroatoms. The highest BCUT2D eigenvalue weighted by Crippen LogP contribution is 2.30. The standard InChI is InChI=1S/C15H20F3NO/c16-15(17,18)12-8-6-11(7-9-12)14(20)10-19-13-4-2-1-3-5-13/h6-9,13-14,19-20H,1-5,10H2. The fourth-order valence-electron chi connectivity index (χ4n) is 2.60. The summed E-state index contributed by atoms with van der Waals surface area (Å²) in [6, 6.07) is 5.14. The zero-order valence-corrected chi connectivity index (χ0v) is 11.3. The molecule has 2 N–H and O–H groups in total. The molecule has 0 aliphatic heterocycles.